The number of carbonyl (C=O) groups excluding carboxylic acids is 2. The highest BCUT2D eigenvalue weighted by Gasteiger charge is 2.17. The summed E-state index contributed by atoms with van der Waals surface area (Å²) in [7, 11) is 1.24. The Bertz CT molecular complexity index is 510. The molecule has 1 aromatic rings. The summed E-state index contributed by atoms with van der Waals surface area (Å²) >= 11 is 0. The molecule has 0 bridgehead atoms. The predicted molar refractivity (Wildman–Crippen MR) is 68.1 cm³/mol. The highest BCUT2D eigenvalue weighted by molar-refractivity contribution is 5.98. The van der Waals surface area contributed by atoms with Crippen molar-refractivity contribution in [3.8, 4) is 0 Å². The van der Waals surface area contributed by atoms with Crippen LogP contribution in [0.4, 0.5) is 5.69 Å². The summed E-state index contributed by atoms with van der Waals surface area (Å²) in [5.74, 6) is -0.788. The fourth-order valence-electron chi connectivity index (χ4n) is 1.67. The van der Waals surface area contributed by atoms with Gasteiger partial charge in [-0.2, -0.15) is 0 Å². The second-order valence-electron chi connectivity index (χ2n) is 3.95. The van der Waals surface area contributed by atoms with Crippen molar-refractivity contribution >= 4 is 17.4 Å². The Hall–Kier alpha value is -2.24. The number of aryl methyl sites for hydroxylation is 1. The molecule has 6 nitrogen and oxygen atoms in total. The average molecular weight is 265 g/mol. The van der Waals surface area contributed by atoms with E-state index >= 15 is 0 Å². The van der Waals surface area contributed by atoms with E-state index < -0.39 is 10.9 Å². The fourth-order valence-corrected chi connectivity index (χ4v) is 1.67. The van der Waals surface area contributed by atoms with Gasteiger partial charge in [0.05, 0.1) is 18.5 Å². The van der Waals surface area contributed by atoms with Crippen molar-refractivity contribution in [1.82, 2.24) is 0 Å². The molecular formula is C13H15NO5. The first-order valence-corrected chi connectivity index (χ1v) is 5.87. The highest BCUT2D eigenvalue weighted by Crippen LogP contribution is 2.21. The third-order valence-corrected chi connectivity index (χ3v) is 2.77. The summed E-state index contributed by atoms with van der Waals surface area (Å²) in [6.45, 7) is 1.81. The largest absolute Gasteiger partial charge is 0.469 e. The standard InChI is InChI=1S/C13H15NO5/c1-3-9-4-5-10(8-11(9)14(17)18)12(15)6-7-13(16)19-2/h4-5,8H,3,6-7H2,1-2H3. The molecule has 0 aliphatic rings. The van der Waals surface area contributed by atoms with Gasteiger partial charge < -0.3 is 4.74 Å². The number of nitro benzene ring substituents is 1. The van der Waals surface area contributed by atoms with E-state index in [9.17, 15) is 19.7 Å². The smallest absolute Gasteiger partial charge is 0.305 e. The van der Waals surface area contributed by atoms with Crippen molar-refractivity contribution in [2.24, 2.45) is 0 Å². The third kappa shape index (κ3) is 3.87. The first-order chi connectivity index (χ1) is 8.99. The zero-order chi connectivity index (χ0) is 14.4. The number of benzene rings is 1. The summed E-state index contributed by atoms with van der Waals surface area (Å²) in [4.78, 5) is 33.1. The molecule has 0 N–H and O–H groups in total. The van der Waals surface area contributed by atoms with E-state index in [1.54, 1.807) is 19.1 Å². The molecule has 0 heterocycles. The molecular weight excluding hydrogens is 250 g/mol. The van der Waals surface area contributed by atoms with Crippen LogP contribution >= 0.6 is 0 Å². The Balaban J connectivity index is 2.89. The monoisotopic (exact) mass is 265 g/mol. The lowest BCUT2D eigenvalue weighted by molar-refractivity contribution is -0.385. The predicted octanol–water partition coefficient (Wildman–Crippen LogP) is 2.29. The van der Waals surface area contributed by atoms with E-state index in [1.807, 2.05) is 0 Å². The maximum absolute atomic E-state index is 11.8. The second kappa shape index (κ2) is 6.63. The quantitative estimate of drug-likeness (QED) is 0.341. The van der Waals surface area contributed by atoms with Gasteiger partial charge in [-0.15, -0.1) is 0 Å². The molecule has 19 heavy (non-hydrogen) atoms. The van der Waals surface area contributed by atoms with Gasteiger partial charge in [0, 0.05) is 23.6 Å². The number of nitrogens with zero attached hydrogens (tertiary/aromatic N) is 1. The molecule has 0 aliphatic carbocycles. The third-order valence-electron chi connectivity index (χ3n) is 2.77. The first-order valence-electron chi connectivity index (χ1n) is 5.87. The Morgan fingerprint density at radius 2 is 2.00 bits per heavy atom. The summed E-state index contributed by atoms with van der Waals surface area (Å²) < 4.78 is 4.44. The van der Waals surface area contributed by atoms with E-state index in [2.05, 4.69) is 4.74 Å². The minimum Gasteiger partial charge on any atom is -0.469 e. The lowest BCUT2D eigenvalue weighted by atomic mass is 10.0. The molecule has 0 fully saturated rings. The number of rotatable bonds is 6. The van der Waals surface area contributed by atoms with Gasteiger partial charge in [0.1, 0.15) is 0 Å². The van der Waals surface area contributed by atoms with Crippen LogP contribution in [0, 0.1) is 10.1 Å². The van der Waals surface area contributed by atoms with Crippen LogP contribution < -0.4 is 0 Å². The van der Waals surface area contributed by atoms with Crippen molar-refractivity contribution in [3.63, 3.8) is 0 Å². The molecule has 0 atom stereocenters. The van der Waals surface area contributed by atoms with E-state index in [1.165, 1.54) is 13.2 Å². The lowest BCUT2D eigenvalue weighted by Crippen LogP contribution is -2.07. The molecule has 0 radical (unpaired) electrons. The van der Waals surface area contributed by atoms with E-state index in [4.69, 9.17) is 0 Å². The molecule has 0 aromatic heterocycles. The van der Waals surface area contributed by atoms with Gasteiger partial charge in [-0.25, -0.2) is 0 Å². The van der Waals surface area contributed by atoms with Gasteiger partial charge in [0.25, 0.3) is 5.69 Å². The van der Waals surface area contributed by atoms with E-state index in [0.717, 1.165) is 0 Å². The minimum absolute atomic E-state index is 0.0186. The van der Waals surface area contributed by atoms with E-state index in [-0.39, 0.29) is 29.9 Å². The number of hydrogen-bond donors (Lipinski definition) is 0. The van der Waals surface area contributed by atoms with Crippen LogP contribution in [0.15, 0.2) is 18.2 Å². The molecule has 0 unspecified atom stereocenters. The Morgan fingerprint density at radius 3 is 2.53 bits per heavy atom. The minimum atomic E-state index is -0.504. The van der Waals surface area contributed by atoms with Gasteiger partial charge in [-0.1, -0.05) is 19.1 Å². The van der Waals surface area contributed by atoms with E-state index in [0.29, 0.717) is 12.0 Å². The van der Waals surface area contributed by atoms with Crippen molar-refractivity contribution in [2.75, 3.05) is 7.11 Å². The molecule has 0 saturated heterocycles. The summed E-state index contributed by atoms with van der Waals surface area (Å²) in [5, 5.41) is 10.9. The van der Waals surface area contributed by atoms with Crippen LogP contribution in [0.1, 0.15) is 35.7 Å². The van der Waals surface area contributed by atoms with Gasteiger partial charge in [0.15, 0.2) is 5.78 Å². The highest BCUT2D eigenvalue weighted by atomic mass is 16.6. The van der Waals surface area contributed by atoms with Crippen molar-refractivity contribution in [1.29, 1.82) is 0 Å². The Labute approximate surface area is 110 Å². The molecule has 1 rings (SSSR count). The Morgan fingerprint density at radius 1 is 1.32 bits per heavy atom. The lowest BCUT2D eigenvalue weighted by Gasteiger charge is -2.04. The summed E-state index contributed by atoms with van der Waals surface area (Å²) in [5.41, 5.74) is 0.758. The van der Waals surface area contributed by atoms with Crippen LogP contribution in [0.5, 0.6) is 0 Å². The zero-order valence-corrected chi connectivity index (χ0v) is 10.8. The molecule has 0 saturated carbocycles. The maximum atomic E-state index is 11.8. The number of methoxy groups -OCH3 is 1. The molecule has 1 aromatic carbocycles. The first kappa shape index (κ1) is 14.8. The fraction of sp³-hybridized carbons (Fsp3) is 0.385. The number of nitro groups is 1. The number of ether oxygens (including phenoxy) is 1. The number of Topliss-reactive ketones (excluding diaryl/α,β-unsaturated/α-hetero) is 1. The summed E-state index contributed by atoms with van der Waals surface area (Å²) in [6.07, 6.45) is 0.473. The van der Waals surface area contributed by atoms with Crippen LogP contribution in [-0.2, 0) is 16.0 Å². The van der Waals surface area contributed by atoms with Crippen LogP contribution in [0.2, 0.25) is 0 Å². The zero-order valence-electron chi connectivity index (χ0n) is 10.8. The van der Waals surface area contributed by atoms with Gasteiger partial charge in [-0.05, 0) is 6.42 Å². The average Bonchev–Trinajstić information content (AvgIpc) is 2.43. The molecule has 102 valence electrons. The molecule has 0 aliphatic heterocycles. The summed E-state index contributed by atoms with van der Waals surface area (Å²) in [6, 6.07) is 4.38. The maximum Gasteiger partial charge on any atom is 0.305 e. The topological polar surface area (TPSA) is 86.5 Å². The van der Waals surface area contributed by atoms with Crippen molar-refractivity contribution in [3.05, 3.63) is 39.4 Å². The molecule has 0 spiro atoms. The second-order valence-corrected chi connectivity index (χ2v) is 3.95. The normalized spacial score (nSPS) is 10.0. The Kier molecular flexibility index (Phi) is 5.17. The van der Waals surface area contributed by atoms with Crippen LogP contribution in [-0.4, -0.2) is 23.8 Å². The van der Waals surface area contributed by atoms with Crippen LogP contribution in [0.3, 0.4) is 0 Å². The van der Waals surface area contributed by atoms with Crippen LogP contribution in [0.25, 0.3) is 0 Å². The molecule has 0 amide bonds. The number of esters is 1. The van der Waals surface area contributed by atoms with Crippen molar-refractivity contribution in [2.45, 2.75) is 26.2 Å². The number of hydrogen-bond acceptors (Lipinski definition) is 5. The number of ketones is 1. The SMILES string of the molecule is CCc1ccc(C(=O)CCC(=O)OC)cc1[N+](=O)[O-]. The van der Waals surface area contributed by atoms with Crippen molar-refractivity contribution < 1.29 is 19.2 Å². The van der Waals surface area contributed by atoms with Gasteiger partial charge in [-0.3, -0.25) is 19.7 Å². The van der Waals surface area contributed by atoms with Gasteiger partial charge in [0.2, 0.25) is 0 Å². The van der Waals surface area contributed by atoms with Gasteiger partial charge >= 0.3 is 5.97 Å². The molecule has 6 heteroatoms. The number of carbonyl (C=O) groups is 2.